The molecule has 1 aromatic carbocycles. The molecule has 1 unspecified atom stereocenters. The van der Waals surface area contributed by atoms with Crippen LogP contribution in [0.4, 0.5) is 0 Å². The molecule has 0 aromatic heterocycles. The van der Waals surface area contributed by atoms with Crippen LogP contribution in [0.1, 0.15) is 18.1 Å². The Hall–Kier alpha value is -0.510. The number of hydrogen-bond donors (Lipinski definition) is 1. The Morgan fingerprint density at radius 1 is 1.29 bits per heavy atom. The van der Waals surface area contributed by atoms with E-state index in [0.717, 1.165) is 13.0 Å². The highest BCUT2D eigenvalue weighted by molar-refractivity contribution is 7.98. The molecule has 0 fully saturated rings. The molecule has 2 nitrogen and oxygen atoms in total. The standard InChI is InChI=1S/C14H24N2S/c1-12(11-17-3)16(2)9-8-13-6-4-5-7-14(13)10-15/h4-7,12H,8-11,15H2,1-3H3. The van der Waals surface area contributed by atoms with Crippen molar-refractivity contribution in [3.63, 3.8) is 0 Å². The second-order valence-corrected chi connectivity index (χ2v) is 5.42. The molecule has 0 radical (unpaired) electrons. The van der Waals surface area contributed by atoms with E-state index in [0.29, 0.717) is 12.6 Å². The molecule has 0 amide bonds. The zero-order valence-electron chi connectivity index (χ0n) is 11.1. The Bertz CT molecular complexity index is 328. The van der Waals surface area contributed by atoms with Gasteiger partial charge in [0.2, 0.25) is 0 Å². The van der Waals surface area contributed by atoms with Crippen LogP contribution in [0, 0.1) is 0 Å². The predicted molar refractivity (Wildman–Crippen MR) is 78.5 cm³/mol. The van der Waals surface area contributed by atoms with E-state index in [2.05, 4.69) is 49.4 Å². The van der Waals surface area contributed by atoms with Gasteiger partial charge in [0.05, 0.1) is 0 Å². The van der Waals surface area contributed by atoms with E-state index in [-0.39, 0.29) is 0 Å². The average molecular weight is 252 g/mol. The Morgan fingerprint density at radius 3 is 2.53 bits per heavy atom. The normalized spacial score (nSPS) is 13.0. The lowest BCUT2D eigenvalue weighted by molar-refractivity contribution is 0.281. The zero-order chi connectivity index (χ0) is 12.7. The summed E-state index contributed by atoms with van der Waals surface area (Å²) in [5.74, 6) is 1.19. The SMILES string of the molecule is CSCC(C)N(C)CCc1ccccc1CN. The lowest BCUT2D eigenvalue weighted by atomic mass is 10.0. The number of benzene rings is 1. The minimum Gasteiger partial charge on any atom is -0.326 e. The van der Waals surface area contributed by atoms with Crippen molar-refractivity contribution in [2.75, 3.05) is 25.6 Å². The molecule has 3 heteroatoms. The Morgan fingerprint density at radius 2 is 1.94 bits per heavy atom. The molecule has 0 aliphatic heterocycles. The summed E-state index contributed by atoms with van der Waals surface area (Å²) in [6.45, 7) is 4.02. The van der Waals surface area contributed by atoms with Crippen LogP contribution in [-0.2, 0) is 13.0 Å². The highest BCUT2D eigenvalue weighted by Gasteiger charge is 2.09. The van der Waals surface area contributed by atoms with Crippen LogP contribution >= 0.6 is 11.8 Å². The predicted octanol–water partition coefficient (Wildman–Crippen LogP) is 2.37. The molecule has 0 saturated heterocycles. The van der Waals surface area contributed by atoms with Crippen molar-refractivity contribution in [1.29, 1.82) is 0 Å². The van der Waals surface area contributed by atoms with Gasteiger partial charge >= 0.3 is 0 Å². The van der Waals surface area contributed by atoms with Gasteiger partial charge in [0.25, 0.3) is 0 Å². The number of nitrogens with two attached hydrogens (primary N) is 1. The van der Waals surface area contributed by atoms with Crippen LogP contribution in [0.5, 0.6) is 0 Å². The summed E-state index contributed by atoms with van der Waals surface area (Å²) in [4.78, 5) is 2.42. The fraction of sp³-hybridized carbons (Fsp3) is 0.571. The maximum Gasteiger partial charge on any atom is 0.0180 e. The van der Waals surface area contributed by atoms with Crippen LogP contribution < -0.4 is 5.73 Å². The third-order valence-corrected chi connectivity index (χ3v) is 4.05. The molecule has 1 atom stereocenters. The minimum atomic E-state index is 0.634. The Labute approximate surface area is 110 Å². The van der Waals surface area contributed by atoms with Crippen molar-refractivity contribution >= 4 is 11.8 Å². The summed E-state index contributed by atoms with van der Waals surface area (Å²) in [6.07, 6.45) is 3.25. The molecule has 2 N–H and O–H groups in total. The lowest BCUT2D eigenvalue weighted by Gasteiger charge is -2.24. The third kappa shape index (κ3) is 4.70. The van der Waals surface area contributed by atoms with Crippen LogP contribution in [0.3, 0.4) is 0 Å². The average Bonchev–Trinajstić information content (AvgIpc) is 2.36. The number of hydrogen-bond acceptors (Lipinski definition) is 3. The highest BCUT2D eigenvalue weighted by atomic mass is 32.2. The van der Waals surface area contributed by atoms with E-state index in [9.17, 15) is 0 Å². The van der Waals surface area contributed by atoms with Crippen molar-refractivity contribution in [2.24, 2.45) is 5.73 Å². The van der Waals surface area contributed by atoms with Gasteiger partial charge in [0.1, 0.15) is 0 Å². The molecule has 0 saturated carbocycles. The van der Waals surface area contributed by atoms with Gasteiger partial charge in [0.15, 0.2) is 0 Å². The van der Waals surface area contributed by atoms with Gasteiger partial charge in [0, 0.05) is 24.9 Å². The largest absolute Gasteiger partial charge is 0.326 e. The molecule has 17 heavy (non-hydrogen) atoms. The second kappa shape index (κ2) is 7.75. The third-order valence-electron chi connectivity index (χ3n) is 3.23. The maximum absolute atomic E-state index is 5.75. The fourth-order valence-corrected chi connectivity index (χ4v) is 2.62. The van der Waals surface area contributed by atoms with Crippen molar-refractivity contribution < 1.29 is 0 Å². The summed E-state index contributed by atoms with van der Waals surface area (Å²) in [6, 6.07) is 9.11. The Balaban J connectivity index is 2.49. The molecule has 96 valence electrons. The van der Waals surface area contributed by atoms with E-state index < -0.39 is 0 Å². The topological polar surface area (TPSA) is 29.3 Å². The van der Waals surface area contributed by atoms with Gasteiger partial charge in [-0.1, -0.05) is 24.3 Å². The summed E-state index contributed by atoms with van der Waals surface area (Å²) < 4.78 is 0. The summed E-state index contributed by atoms with van der Waals surface area (Å²) >= 11 is 1.91. The van der Waals surface area contributed by atoms with E-state index >= 15 is 0 Å². The van der Waals surface area contributed by atoms with Gasteiger partial charge in [-0.3, -0.25) is 0 Å². The molecular formula is C14H24N2S. The molecule has 0 bridgehead atoms. The zero-order valence-corrected chi connectivity index (χ0v) is 12.0. The van der Waals surface area contributed by atoms with Crippen LogP contribution in [0.25, 0.3) is 0 Å². The maximum atomic E-state index is 5.75. The fourth-order valence-electron chi connectivity index (χ4n) is 1.89. The number of nitrogens with zero attached hydrogens (tertiary/aromatic N) is 1. The quantitative estimate of drug-likeness (QED) is 0.808. The van der Waals surface area contributed by atoms with E-state index in [1.165, 1.54) is 16.9 Å². The smallest absolute Gasteiger partial charge is 0.0180 e. The molecule has 0 spiro atoms. The van der Waals surface area contributed by atoms with Crippen molar-refractivity contribution in [3.8, 4) is 0 Å². The van der Waals surface area contributed by atoms with Gasteiger partial charge < -0.3 is 10.6 Å². The van der Waals surface area contributed by atoms with Crippen molar-refractivity contribution in [2.45, 2.75) is 25.9 Å². The van der Waals surface area contributed by atoms with E-state index in [4.69, 9.17) is 5.73 Å². The van der Waals surface area contributed by atoms with Gasteiger partial charge in [-0.25, -0.2) is 0 Å². The summed E-state index contributed by atoms with van der Waals surface area (Å²) in [5, 5.41) is 0. The van der Waals surface area contributed by atoms with E-state index in [1.54, 1.807) is 0 Å². The first-order chi connectivity index (χ1) is 8.19. The number of rotatable bonds is 7. The lowest BCUT2D eigenvalue weighted by Crippen LogP contribution is -2.32. The van der Waals surface area contributed by atoms with Gasteiger partial charge in [-0.05, 0) is 37.8 Å². The van der Waals surface area contributed by atoms with Gasteiger partial charge in [-0.15, -0.1) is 0 Å². The van der Waals surface area contributed by atoms with Crippen LogP contribution in [0.15, 0.2) is 24.3 Å². The van der Waals surface area contributed by atoms with Crippen LogP contribution in [-0.4, -0.2) is 36.5 Å². The highest BCUT2D eigenvalue weighted by Crippen LogP contribution is 2.10. The molecule has 1 rings (SSSR count). The number of likely N-dealkylation sites (N-methyl/N-ethyl adjacent to an activating group) is 1. The molecular weight excluding hydrogens is 228 g/mol. The minimum absolute atomic E-state index is 0.634. The van der Waals surface area contributed by atoms with Crippen LogP contribution in [0.2, 0.25) is 0 Å². The Kier molecular flexibility index (Phi) is 6.63. The monoisotopic (exact) mass is 252 g/mol. The summed E-state index contributed by atoms with van der Waals surface area (Å²) in [7, 11) is 2.20. The molecule has 0 aliphatic carbocycles. The first-order valence-corrected chi connectivity index (χ1v) is 7.54. The summed E-state index contributed by atoms with van der Waals surface area (Å²) in [5.41, 5.74) is 8.41. The molecule has 0 aliphatic rings. The van der Waals surface area contributed by atoms with Gasteiger partial charge in [-0.2, -0.15) is 11.8 Å². The first kappa shape index (κ1) is 14.6. The van der Waals surface area contributed by atoms with Crippen molar-refractivity contribution in [1.82, 2.24) is 4.90 Å². The first-order valence-electron chi connectivity index (χ1n) is 6.15. The van der Waals surface area contributed by atoms with E-state index in [1.807, 2.05) is 11.8 Å². The number of thioether (sulfide) groups is 1. The second-order valence-electron chi connectivity index (χ2n) is 4.51. The van der Waals surface area contributed by atoms with Crippen molar-refractivity contribution in [3.05, 3.63) is 35.4 Å². The molecule has 1 aromatic rings. The molecule has 0 heterocycles.